The van der Waals surface area contributed by atoms with E-state index in [9.17, 15) is 5.11 Å². The minimum absolute atomic E-state index is 0.211. The van der Waals surface area contributed by atoms with Crippen molar-refractivity contribution in [2.24, 2.45) is 0 Å². The number of hydrogen-bond acceptors (Lipinski definition) is 4. The maximum absolute atomic E-state index is 9.66. The highest BCUT2D eigenvalue weighted by Crippen LogP contribution is 2.34. The van der Waals surface area contributed by atoms with E-state index in [2.05, 4.69) is 5.32 Å². The van der Waals surface area contributed by atoms with E-state index in [1.54, 1.807) is 13.2 Å². The molecule has 0 radical (unpaired) electrons. The van der Waals surface area contributed by atoms with Crippen LogP contribution >= 0.6 is 11.8 Å². The lowest BCUT2D eigenvalue weighted by molar-refractivity contribution is 0.373. The Balaban J connectivity index is 2.17. The summed E-state index contributed by atoms with van der Waals surface area (Å²) >= 11 is 1.88. The van der Waals surface area contributed by atoms with Crippen LogP contribution in [-0.2, 0) is 0 Å². The number of phenols is 1. The molecule has 0 spiro atoms. The van der Waals surface area contributed by atoms with Gasteiger partial charge in [0.2, 0.25) is 0 Å². The molecule has 0 bridgehead atoms. The Hall–Kier alpha value is -0.870. The number of ether oxygens (including phenoxy) is 1. The van der Waals surface area contributed by atoms with E-state index in [0.29, 0.717) is 11.1 Å². The van der Waals surface area contributed by atoms with Crippen LogP contribution in [0.4, 0.5) is 0 Å². The highest BCUT2D eigenvalue weighted by Gasteiger charge is 2.16. The molecule has 3 nitrogen and oxygen atoms in total. The van der Waals surface area contributed by atoms with E-state index in [4.69, 9.17) is 4.74 Å². The van der Waals surface area contributed by atoms with Crippen molar-refractivity contribution in [3.8, 4) is 11.5 Å². The molecule has 0 saturated carbocycles. The van der Waals surface area contributed by atoms with Crippen molar-refractivity contribution in [3.63, 3.8) is 0 Å². The van der Waals surface area contributed by atoms with Gasteiger partial charge in [0.1, 0.15) is 0 Å². The van der Waals surface area contributed by atoms with Gasteiger partial charge in [0.25, 0.3) is 0 Å². The highest BCUT2D eigenvalue weighted by molar-refractivity contribution is 7.99. The Bertz CT molecular complexity index is 337. The molecule has 1 saturated heterocycles. The van der Waals surface area contributed by atoms with Crippen molar-refractivity contribution in [3.05, 3.63) is 23.8 Å². The summed E-state index contributed by atoms with van der Waals surface area (Å²) in [6.07, 6.45) is 1.21. The molecular weight excluding hydrogens is 210 g/mol. The monoisotopic (exact) mass is 225 g/mol. The summed E-state index contributed by atoms with van der Waals surface area (Å²) in [5.74, 6) is 1.91. The van der Waals surface area contributed by atoms with Crippen molar-refractivity contribution in [1.82, 2.24) is 5.32 Å². The maximum Gasteiger partial charge on any atom is 0.160 e. The summed E-state index contributed by atoms with van der Waals surface area (Å²) in [6, 6.07) is 5.57. The lowest BCUT2D eigenvalue weighted by Crippen LogP contribution is -2.25. The molecule has 4 heteroatoms. The van der Waals surface area contributed by atoms with Gasteiger partial charge in [-0.3, -0.25) is 0 Å². The first-order valence-corrected chi connectivity index (χ1v) is 6.08. The molecule has 0 aromatic heterocycles. The van der Waals surface area contributed by atoms with E-state index >= 15 is 0 Å². The van der Waals surface area contributed by atoms with Gasteiger partial charge < -0.3 is 15.2 Å². The van der Waals surface area contributed by atoms with E-state index in [1.165, 1.54) is 12.2 Å². The fourth-order valence-corrected chi connectivity index (χ4v) is 2.77. The smallest absolute Gasteiger partial charge is 0.160 e. The number of rotatable bonds is 2. The SMILES string of the molecule is COc1ccc(C2NCCCS2)cc1O. The van der Waals surface area contributed by atoms with Crippen LogP contribution in [0.1, 0.15) is 17.4 Å². The Morgan fingerprint density at radius 3 is 3.00 bits per heavy atom. The third-order valence-electron chi connectivity index (χ3n) is 2.44. The predicted octanol–water partition coefficient (Wildman–Crippen LogP) is 2.13. The Kier molecular flexibility index (Phi) is 3.38. The minimum atomic E-state index is 0.211. The van der Waals surface area contributed by atoms with Crippen LogP contribution in [0.15, 0.2) is 18.2 Å². The Labute approximate surface area is 93.8 Å². The zero-order valence-electron chi connectivity index (χ0n) is 8.69. The van der Waals surface area contributed by atoms with E-state index in [1.807, 2.05) is 23.9 Å². The molecule has 2 N–H and O–H groups in total. The predicted molar refractivity (Wildman–Crippen MR) is 62.5 cm³/mol. The summed E-state index contributed by atoms with van der Waals surface area (Å²) in [4.78, 5) is 0. The molecule has 0 aliphatic carbocycles. The molecule has 15 heavy (non-hydrogen) atoms. The average molecular weight is 225 g/mol. The van der Waals surface area contributed by atoms with Gasteiger partial charge >= 0.3 is 0 Å². The van der Waals surface area contributed by atoms with Crippen molar-refractivity contribution in [2.45, 2.75) is 11.8 Å². The molecular formula is C11H15NO2S. The van der Waals surface area contributed by atoms with Gasteiger partial charge in [-0.05, 0) is 36.4 Å². The third-order valence-corrected chi connectivity index (χ3v) is 3.74. The first-order chi connectivity index (χ1) is 7.31. The standard InChI is InChI=1S/C11H15NO2S/c1-14-10-4-3-8(7-9(10)13)11-12-5-2-6-15-11/h3-4,7,11-13H,2,5-6H2,1H3. The second-order valence-corrected chi connectivity index (χ2v) is 4.70. The van der Waals surface area contributed by atoms with Gasteiger partial charge in [-0.1, -0.05) is 6.07 Å². The van der Waals surface area contributed by atoms with Gasteiger partial charge in [0, 0.05) is 0 Å². The van der Waals surface area contributed by atoms with Crippen molar-refractivity contribution >= 4 is 11.8 Å². The number of phenolic OH excluding ortho intramolecular Hbond substituents is 1. The zero-order valence-corrected chi connectivity index (χ0v) is 9.51. The van der Waals surface area contributed by atoms with E-state index < -0.39 is 0 Å². The molecule has 1 aromatic carbocycles. The molecule has 1 fully saturated rings. The summed E-state index contributed by atoms with van der Waals surface area (Å²) in [5, 5.41) is 13.4. The van der Waals surface area contributed by atoms with Gasteiger partial charge in [0.15, 0.2) is 11.5 Å². The highest BCUT2D eigenvalue weighted by atomic mass is 32.2. The number of aromatic hydroxyl groups is 1. The van der Waals surface area contributed by atoms with E-state index in [-0.39, 0.29) is 5.75 Å². The first-order valence-electron chi connectivity index (χ1n) is 5.03. The van der Waals surface area contributed by atoms with Crippen molar-refractivity contribution in [2.75, 3.05) is 19.4 Å². The Morgan fingerprint density at radius 2 is 2.40 bits per heavy atom. The molecule has 1 heterocycles. The molecule has 1 aliphatic heterocycles. The topological polar surface area (TPSA) is 41.5 Å². The fraction of sp³-hybridized carbons (Fsp3) is 0.455. The summed E-state index contributed by atoms with van der Waals surface area (Å²) in [5.41, 5.74) is 1.11. The van der Waals surface area contributed by atoms with Gasteiger partial charge in [-0.2, -0.15) is 0 Å². The number of methoxy groups -OCH3 is 1. The van der Waals surface area contributed by atoms with Gasteiger partial charge in [0.05, 0.1) is 12.5 Å². The fourth-order valence-electron chi connectivity index (χ4n) is 1.65. The number of benzene rings is 1. The molecule has 2 rings (SSSR count). The summed E-state index contributed by atoms with van der Waals surface area (Å²) in [6.45, 7) is 1.05. The van der Waals surface area contributed by atoms with Gasteiger partial charge in [-0.15, -0.1) is 11.8 Å². The zero-order chi connectivity index (χ0) is 10.7. The first kappa shape index (κ1) is 10.6. The van der Waals surface area contributed by atoms with Crippen LogP contribution in [0.2, 0.25) is 0 Å². The quantitative estimate of drug-likeness (QED) is 0.809. The van der Waals surface area contributed by atoms with Crippen LogP contribution in [0.5, 0.6) is 11.5 Å². The van der Waals surface area contributed by atoms with E-state index in [0.717, 1.165) is 12.1 Å². The molecule has 1 atom stereocenters. The second-order valence-electron chi connectivity index (χ2n) is 3.49. The second kappa shape index (κ2) is 4.77. The Morgan fingerprint density at radius 1 is 1.53 bits per heavy atom. The largest absolute Gasteiger partial charge is 0.504 e. The minimum Gasteiger partial charge on any atom is -0.504 e. The van der Waals surface area contributed by atoms with Crippen LogP contribution in [0.3, 0.4) is 0 Å². The third kappa shape index (κ3) is 2.38. The summed E-state index contributed by atoms with van der Waals surface area (Å²) < 4.78 is 5.01. The van der Waals surface area contributed by atoms with Crippen molar-refractivity contribution in [1.29, 1.82) is 0 Å². The van der Waals surface area contributed by atoms with Crippen molar-refractivity contribution < 1.29 is 9.84 Å². The van der Waals surface area contributed by atoms with Crippen LogP contribution < -0.4 is 10.1 Å². The molecule has 1 aliphatic rings. The number of hydrogen-bond donors (Lipinski definition) is 2. The summed E-state index contributed by atoms with van der Waals surface area (Å²) in [7, 11) is 1.56. The molecule has 1 unspecified atom stereocenters. The number of nitrogens with one attached hydrogen (secondary N) is 1. The average Bonchev–Trinajstić information content (AvgIpc) is 2.30. The lowest BCUT2D eigenvalue weighted by atomic mass is 10.2. The van der Waals surface area contributed by atoms with Crippen LogP contribution in [-0.4, -0.2) is 24.5 Å². The molecule has 82 valence electrons. The molecule has 0 amide bonds. The van der Waals surface area contributed by atoms with Crippen LogP contribution in [0, 0.1) is 0 Å². The number of thioether (sulfide) groups is 1. The normalized spacial score (nSPS) is 21.3. The van der Waals surface area contributed by atoms with Crippen LogP contribution in [0.25, 0.3) is 0 Å². The van der Waals surface area contributed by atoms with Gasteiger partial charge in [-0.25, -0.2) is 0 Å². The maximum atomic E-state index is 9.66. The molecule has 1 aromatic rings. The lowest BCUT2D eigenvalue weighted by Gasteiger charge is -2.23.